The Morgan fingerprint density at radius 2 is 1.54 bits per heavy atom. The maximum atomic E-state index is 13.3. The summed E-state index contributed by atoms with van der Waals surface area (Å²) in [6.45, 7) is 1.95. The monoisotopic (exact) mass is 372 g/mol. The lowest BCUT2D eigenvalue weighted by Crippen LogP contribution is -2.37. The van der Waals surface area contributed by atoms with Gasteiger partial charge in [-0.3, -0.25) is 9.80 Å². The normalized spacial score (nSPS) is 24.0. The van der Waals surface area contributed by atoms with Gasteiger partial charge in [-0.15, -0.1) is 0 Å². The zero-order chi connectivity index (χ0) is 18.5. The molecule has 2 aromatic carbocycles. The van der Waals surface area contributed by atoms with E-state index in [1.807, 2.05) is 37.3 Å². The minimum absolute atomic E-state index is 0.0161. The predicted octanol–water partition coefficient (Wildman–Crippen LogP) is 2.62. The molecule has 2 amide bonds. The highest BCUT2D eigenvalue weighted by molar-refractivity contribution is 7.91. The summed E-state index contributed by atoms with van der Waals surface area (Å²) in [6.07, 6.45) is 0. The number of benzene rings is 2. The number of hydrogen-bond acceptors (Lipinski definition) is 4. The van der Waals surface area contributed by atoms with Gasteiger partial charge in [0, 0.05) is 17.4 Å². The van der Waals surface area contributed by atoms with Crippen LogP contribution in [0.1, 0.15) is 5.56 Å². The average Bonchev–Trinajstić information content (AvgIpc) is 3.03. The first kappa shape index (κ1) is 16.9. The standard InChI is InChI=1S/C19H20N2O4S/c1-13-5-3-6-14(9-13)20-17-11-26(23,24)12-18(17)21(19(20)22)15-7-4-8-16(10-15)25-2/h3-10,17-18H,11-12H2,1-2H3/t17-,18-/m1/s1. The number of carbonyl (C=O) groups excluding carboxylic acids is 1. The van der Waals surface area contributed by atoms with Crippen LogP contribution in [0.25, 0.3) is 0 Å². The molecule has 0 saturated carbocycles. The molecule has 2 atom stereocenters. The Hall–Kier alpha value is -2.54. The molecule has 2 heterocycles. The summed E-state index contributed by atoms with van der Waals surface area (Å²) >= 11 is 0. The van der Waals surface area contributed by atoms with Crippen molar-refractivity contribution in [3.8, 4) is 5.75 Å². The number of rotatable bonds is 3. The molecule has 0 spiro atoms. The van der Waals surface area contributed by atoms with E-state index in [0.29, 0.717) is 11.4 Å². The van der Waals surface area contributed by atoms with Crippen molar-refractivity contribution in [3.63, 3.8) is 0 Å². The zero-order valence-electron chi connectivity index (χ0n) is 14.6. The molecule has 0 N–H and O–H groups in total. The van der Waals surface area contributed by atoms with Gasteiger partial charge >= 0.3 is 6.03 Å². The van der Waals surface area contributed by atoms with E-state index in [-0.39, 0.29) is 23.6 Å². The van der Waals surface area contributed by atoms with Gasteiger partial charge < -0.3 is 4.74 Å². The summed E-state index contributed by atoms with van der Waals surface area (Å²) in [6, 6.07) is 13.8. The maximum absolute atomic E-state index is 13.3. The molecule has 6 nitrogen and oxygen atoms in total. The second-order valence-corrected chi connectivity index (χ2v) is 8.93. The van der Waals surface area contributed by atoms with Crippen LogP contribution in [-0.2, 0) is 9.84 Å². The Kier molecular flexibility index (Phi) is 3.91. The zero-order valence-corrected chi connectivity index (χ0v) is 15.4. The summed E-state index contributed by atoms with van der Waals surface area (Å²) in [4.78, 5) is 16.5. The van der Waals surface area contributed by atoms with Crippen LogP contribution < -0.4 is 14.5 Å². The molecule has 0 bridgehead atoms. The molecular formula is C19H20N2O4S. The van der Waals surface area contributed by atoms with E-state index in [4.69, 9.17) is 4.74 Å². The summed E-state index contributed by atoms with van der Waals surface area (Å²) < 4.78 is 29.9. The van der Waals surface area contributed by atoms with E-state index in [2.05, 4.69) is 0 Å². The number of anilines is 2. The van der Waals surface area contributed by atoms with Gasteiger partial charge in [0.1, 0.15) is 5.75 Å². The molecule has 2 fully saturated rings. The highest BCUT2D eigenvalue weighted by atomic mass is 32.2. The van der Waals surface area contributed by atoms with Crippen LogP contribution >= 0.6 is 0 Å². The van der Waals surface area contributed by atoms with Crippen LogP contribution in [0.5, 0.6) is 5.75 Å². The number of fused-ring (bicyclic) bond motifs is 1. The fourth-order valence-electron chi connectivity index (χ4n) is 3.85. The summed E-state index contributed by atoms with van der Waals surface area (Å²) in [5.41, 5.74) is 2.40. The lowest BCUT2D eigenvalue weighted by molar-refractivity contribution is 0.255. The number of aryl methyl sites for hydroxylation is 1. The highest BCUT2D eigenvalue weighted by Crippen LogP contribution is 2.38. The molecule has 0 aromatic heterocycles. The van der Waals surface area contributed by atoms with Gasteiger partial charge in [0.2, 0.25) is 0 Å². The molecule has 7 heteroatoms. The molecule has 0 unspecified atom stereocenters. The smallest absolute Gasteiger partial charge is 0.329 e. The first-order valence-electron chi connectivity index (χ1n) is 8.43. The third kappa shape index (κ3) is 2.72. The van der Waals surface area contributed by atoms with Crippen LogP contribution in [0.4, 0.5) is 16.2 Å². The topological polar surface area (TPSA) is 66.9 Å². The molecule has 2 aliphatic rings. The van der Waals surface area contributed by atoms with Crippen molar-refractivity contribution in [2.75, 3.05) is 28.4 Å². The number of nitrogens with zero attached hydrogens (tertiary/aromatic N) is 2. The van der Waals surface area contributed by atoms with Gasteiger partial charge in [-0.05, 0) is 36.8 Å². The van der Waals surface area contributed by atoms with E-state index in [0.717, 1.165) is 11.3 Å². The second kappa shape index (κ2) is 6.02. The van der Waals surface area contributed by atoms with Crippen molar-refractivity contribution in [2.24, 2.45) is 0 Å². The molecule has 2 saturated heterocycles. The lowest BCUT2D eigenvalue weighted by Gasteiger charge is -2.23. The largest absolute Gasteiger partial charge is 0.497 e. The molecule has 2 aliphatic heterocycles. The number of methoxy groups -OCH3 is 1. The van der Waals surface area contributed by atoms with Crippen LogP contribution in [0, 0.1) is 6.92 Å². The number of urea groups is 1. The Morgan fingerprint density at radius 3 is 2.12 bits per heavy atom. The van der Waals surface area contributed by atoms with E-state index >= 15 is 0 Å². The lowest BCUT2D eigenvalue weighted by atomic mass is 10.1. The molecule has 0 radical (unpaired) electrons. The third-order valence-corrected chi connectivity index (χ3v) is 6.68. The Balaban J connectivity index is 1.81. The first-order valence-corrected chi connectivity index (χ1v) is 10.3. The van der Waals surface area contributed by atoms with Crippen molar-refractivity contribution in [1.29, 1.82) is 0 Å². The van der Waals surface area contributed by atoms with E-state index in [1.54, 1.807) is 35.1 Å². The van der Waals surface area contributed by atoms with Gasteiger partial charge in [-0.25, -0.2) is 13.2 Å². The Bertz CT molecular complexity index is 973. The van der Waals surface area contributed by atoms with Gasteiger partial charge in [0.25, 0.3) is 0 Å². The van der Waals surface area contributed by atoms with Crippen molar-refractivity contribution >= 4 is 27.2 Å². The summed E-state index contributed by atoms with van der Waals surface area (Å²) in [7, 11) is -1.64. The first-order chi connectivity index (χ1) is 12.4. The number of ether oxygens (including phenoxy) is 1. The molecule has 2 aromatic rings. The van der Waals surface area contributed by atoms with Gasteiger partial charge in [-0.2, -0.15) is 0 Å². The maximum Gasteiger partial charge on any atom is 0.329 e. The van der Waals surface area contributed by atoms with Gasteiger partial charge in [-0.1, -0.05) is 18.2 Å². The number of sulfone groups is 1. The van der Waals surface area contributed by atoms with Crippen LogP contribution in [0.3, 0.4) is 0 Å². The van der Waals surface area contributed by atoms with E-state index in [1.165, 1.54) is 0 Å². The number of hydrogen-bond donors (Lipinski definition) is 0. The second-order valence-electron chi connectivity index (χ2n) is 6.77. The van der Waals surface area contributed by atoms with Crippen LogP contribution in [0.15, 0.2) is 48.5 Å². The minimum Gasteiger partial charge on any atom is -0.497 e. The number of amides is 2. The molecule has 4 rings (SSSR count). The Labute approximate surface area is 152 Å². The number of carbonyl (C=O) groups is 1. The fraction of sp³-hybridized carbons (Fsp3) is 0.316. The Morgan fingerprint density at radius 1 is 0.962 bits per heavy atom. The SMILES string of the molecule is COc1cccc(N2C(=O)N(c3cccc(C)c3)[C@@H]3CS(=O)(=O)C[C@H]32)c1. The molecule has 136 valence electrons. The summed E-state index contributed by atoms with van der Waals surface area (Å²) in [5.74, 6) is 0.586. The van der Waals surface area contributed by atoms with Gasteiger partial charge in [0.15, 0.2) is 9.84 Å². The van der Waals surface area contributed by atoms with Crippen molar-refractivity contribution < 1.29 is 17.9 Å². The van der Waals surface area contributed by atoms with Crippen molar-refractivity contribution in [2.45, 2.75) is 19.0 Å². The molecular weight excluding hydrogens is 352 g/mol. The third-order valence-electron chi connectivity index (χ3n) is 4.98. The predicted molar refractivity (Wildman–Crippen MR) is 101 cm³/mol. The molecule has 26 heavy (non-hydrogen) atoms. The quantitative estimate of drug-likeness (QED) is 0.777. The van der Waals surface area contributed by atoms with Crippen LogP contribution in [0.2, 0.25) is 0 Å². The average molecular weight is 372 g/mol. The highest BCUT2D eigenvalue weighted by Gasteiger charge is 2.54. The van der Waals surface area contributed by atoms with Gasteiger partial charge in [0.05, 0.1) is 30.7 Å². The van der Waals surface area contributed by atoms with Crippen LogP contribution in [-0.4, -0.2) is 45.1 Å². The molecule has 0 aliphatic carbocycles. The fourth-order valence-corrected chi connectivity index (χ4v) is 5.76. The van der Waals surface area contributed by atoms with E-state index < -0.39 is 15.9 Å². The minimum atomic E-state index is -3.20. The van der Waals surface area contributed by atoms with E-state index in [9.17, 15) is 13.2 Å². The van der Waals surface area contributed by atoms with Crippen molar-refractivity contribution in [3.05, 3.63) is 54.1 Å². The summed E-state index contributed by atoms with van der Waals surface area (Å²) in [5, 5.41) is 0. The van der Waals surface area contributed by atoms with Crippen molar-refractivity contribution in [1.82, 2.24) is 0 Å².